The summed E-state index contributed by atoms with van der Waals surface area (Å²) < 4.78 is 0. The number of unbranched alkanes of at least 4 members (excludes halogenated alkanes) is 2. The quantitative estimate of drug-likeness (QED) is 0.197. The van der Waals surface area contributed by atoms with Crippen molar-refractivity contribution >= 4 is 34.6 Å². The van der Waals surface area contributed by atoms with Crippen LogP contribution in [0.1, 0.15) is 56.8 Å². The molecule has 2 rings (SSSR count). The Morgan fingerprint density at radius 2 is 1.66 bits per heavy atom. The van der Waals surface area contributed by atoms with Gasteiger partial charge in [0.2, 0.25) is 5.91 Å². The molecule has 13 heteroatoms. The summed E-state index contributed by atoms with van der Waals surface area (Å²) in [4.78, 5) is 53.0. The van der Waals surface area contributed by atoms with Gasteiger partial charge in [0.1, 0.15) is 5.69 Å². The van der Waals surface area contributed by atoms with Crippen LogP contribution in [0.3, 0.4) is 0 Å². The lowest BCUT2D eigenvalue weighted by Crippen LogP contribution is -2.41. The molecule has 1 atom stereocenters. The third-order valence-corrected chi connectivity index (χ3v) is 5.84. The highest BCUT2D eigenvalue weighted by Crippen LogP contribution is 2.29. The fraction of sp³-hybridized carbons (Fsp3) is 0.440. The third-order valence-electron chi connectivity index (χ3n) is 5.84. The summed E-state index contributed by atoms with van der Waals surface area (Å²) >= 11 is 0. The molecule has 0 aliphatic heterocycles. The number of aromatic nitrogens is 1. The fourth-order valence-electron chi connectivity index (χ4n) is 3.62. The molecule has 0 aliphatic carbocycles. The number of nitrogens with zero attached hydrogens (tertiary/aromatic N) is 5. The molecule has 1 aromatic heterocycles. The molecule has 0 aliphatic rings. The second-order valence-corrected chi connectivity index (χ2v) is 8.70. The summed E-state index contributed by atoms with van der Waals surface area (Å²) in [7, 11) is 0. The summed E-state index contributed by atoms with van der Waals surface area (Å²) in [5.74, 6) is -1.93. The highest BCUT2D eigenvalue weighted by Gasteiger charge is 2.28. The van der Waals surface area contributed by atoms with Crippen molar-refractivity contribution in [1.29, 1.82) is 0 Å². The lowest BCUT2D eigenvalue weighted by molar-refractivity contribution is -0.393. The molecule has 0 radical (unpaired) electrons. The minimum Gasteiger partial charge on any atom is -0.320 e. The monoisotopic (exact) mass is 527 g/mol. The van der Waals surface area contributed by atoms with Gasteiger partial charge >= 0.3 is 0 Å². The molecule has 0 spiro atoms. The van der Waals surface area contributed by atoms with E-state index in [1.807, 2.05) is 0 Å². The lowest BCUT2D eigenvalue weighted by Gasteiger charge is -2.27. The molecule has 0 fully saturated rings. The van der Waals surface area contributed by atoms with Crippen LogP contribution in [0.5, 0.6) is 0 Å². The molecular formula is C25H33N7O6. The summed E-state index contributed by atoms with van der Waals surface area (Å²) in [5, 5.41) is 29.3. The van der Waals surface area contributed by atoms with Crippen molar-refractivity contribution in [1.82, 2.24) is 15.3 Å². The fourth-order valence-corrected chi connectivity index (χ4v) is 3.62. The van der Waals surface area contributed by atoms with Crippen molar-refractivity contribution in [3.63, 3.8) is 0 Å². The maximum absolute atomic E-state index is 13.4. The molecule has 2 N–H and O–H groups in total. The van der Waals surface area contributed by atoms with Crippen LogP contribution in [0.25, 0.3) is 0 Å². The molecule has 1 heterocycles. The number of benzene rings is 1. The molecule has 1 aromatic carbocycles. The largest absolute Gasteiger partial charge is 0.320 e. The van der Waals surface area contributed by atoms with Gasteiger partial charge in [-0.2, -0.15) is 5.10 Å². The molecule has 0 bridgehead atoms. The first kappa shape index (κ1) is 30.0. The van der Waals surface area contributed by atoms with E-state index in [9.17, 15) is 29.8 Å². The first-order valence-electron chi connectivity index (χ1n) is 12.4. The zero-order valence-electron chi connectivity index (χ0n) is 21.8. The van der Waals surface area contributed by atoms with Crippen LogP contribution in [0.4, 0.5) is 17.1 Å². The van der Waals surface area contributed by atoms with Crippen LogP contribution in [0.2, 0.25) is 0 Å². The standard InChI is InChI=1S/C25H33N7O6/c1-4-6-14-30(15-7-5-2)17-21(18(3)28-29-24(33)19-10-12-26-13-11-19)25(34)27-22-9-8-20(31(35)36)16-23(22)32(37)38/h8-13,16,21H,4-7,14-15,17H2,1-3H3,(H,27,34)(H,29,33)/b28-18+/t21-/m1/s1. The van der Waals surface area contributed by atoms with Gasteiger partial charge in [-0.1, -0.05) is 26.7 Å². The Hall–Kier alpha value is -4.26. The third kappa shape index (κ3) is 9.00. The van der Waals surface area contributed by atoms with Crippen LogP contribution < -0.4 is 10.7 Å². The first-order valence-corrected chi connectivity index (χ1v) is 12.4. The molecule has 204 valence electrons. The van der Waals surface area contributed by atoms with E-state index in [1.54, 1.807) is 6.92 Å². The van der Waals surface area contributed by atoms with Gasteiger partial charge in [0, 0.05) is 36.3 Å². The number of nitro groups is 2. The summed E-state index contributed by atoms with van der Waals surface area (Å²) in [5.41, 5.74) is 1.85. The predicted octanol–water partition coefficient (Wildman–Crippen LogP) is 4.16. The van der Waals surface area contributed by atoms with Crippen LogP contribution >= 0.6 is 0 Å². The van der Waals surface area contributed by atoms with E-state index in [-0.39, 0.29) is 12.2 Å². The van der Waals surface area contributed by atoms with Gasteiger partial charge in [-0.25, -0.2) is 5.43 Å². The van der Waals surface area contributed by atoms with Crippen molar-refractivity contribution in [2.45, 2.75) is 46.5 Å². The number of pyridine rings is 1. The maximum atomic E-state index is 13.4. The molecule has 13 nitrogen and oxygen atoms in total. The van der Waals surface area contributed by atoms with E-state index in [4.69, 9.17) is 0 Å². The van der Waals surface area contributed by atoms with E-state index in [2.05, 4.69) is 39.6 Å². The number of non-ortho nitro benzene ring substituents is 1. The Bertz CT molecular complexity index is 1150. The van der Waals surface area contributed by atoms with Gasteiger partial charge in [0.25, 0.3) is 17.3 Å². The van der Waals surface area contributed by atoms with Crippen LogP contribution in [-0.4, -0.2) is 56.9 Å². The Morgan fingerprint density at radius 3 is 2.21 bits per heavy atom. The number of carbonyl (C=O) groups excluding carboxylic acids is 2. The minimum atomic E-state index is -0.865. The van der Waals surface area contributed by atoms with Crippen molar-refractivity contribution in [2.24, 2.45) is 11.0 Å². The number of carbonyl (C=O) groups is 2. The Labute approximate surface area is 220 Å². The zero-order valence-corrected chi connectivity index (χ0v) is 21.8. The normalized spacial score (nSPS) is 12.2. The molecule has 38 heavy (non-hydrogen) atoms. The Balaban J connectivity index is 2.35. The topological polar surface area (TPSA) is 173 Å². The van der Waals surface area contributed by atoms with Crippen LogP contribution in [-0.2, 0) is 4.79 Å². The van der Waals surface area contributed by atoms with Gasteiger partial charge in [-0.3, -0.25) is 34.8 Å². The van der Waals surface area contributed by atoms with Crippen LogP contribution in [0.15, 0.2) is 47.8 Å². The Kier molecular flexibility index (Phi) is 11.9. The van der Waals surface area contributed by atoms with Gasteiger partial charge in [-0.05, 0) is 51.1 Å². The molecule has 0 unspecified atom stereocenters. The van der Waals surface area contributed by atoms with E-state index < -0.39 is 39.0 Å². The van der Waals surface area contributed by atoms with Crippen molar-refractivity contribution in [3.05, 3.63) is 68.5 Å². The zero-order chi connectivity index (χ0) is 28.1. The smallest absolute Gasteiger partial charge is 0.299 e. The van der Waals surface area contributed by atoms with Gasteiger partial charge < -0.3 is 10.2 Å². The number of nitrogens with one attached hydrogen (secondary N) is 2. The number of amides is 2. The number of anilines is 1. The Morgan fingerprint density at radius 1 is 1.03 bits per heavy atom. The number of hydrazone groups is 1. The van der Waals surface area contributed by atoms with E-state index in [0.29, 0.717) is 11.3 Å². The minimum absolute atomic E-state index is 0.169. The highest BCUT2D eigenvalue weighted by molar-refractivity contribution is 6.09. The predicted molar refractivity (Wildman–Crippen MR) is 143 cm³/mol. The van der Waals surface area contributed by atoms with E-state index >= 15 is 0 Å². The summed E-state index contributed by atoms with van der Waals surface area (Å²) in [6, 6.07) is 6.07. The second kappa shape index (κ2) is 15.1. The summed E-state index contributed by atoms with van der Waals surface area (Å²) in [6.07, 6.45) is 6.70. The maximum Gasteiger partial charge on any atom is 0.299 e. The van der Waals surface area contributed by atoms with Crippen molar-refractivity contribution in [3.8, 4) is 0 Å². The lowest BCUT2D eigenvalue weighted by atomic mass is 10.0. The number of hydrogen-bond acceptors (Lipinski definition) is 9. The van der Waals surface area contributed by atoms with Crippen molar-refractivity contribution in [2.75, 3.05) is 25.0 Å². The average molecular weight is 528 g/mol. The van der Waals surface area contributed by atoms with E-state index in [0.717, 1.165) is 57.0 Å². The van der Waals surface area contributed by atoms with Crippen LogP contribution in [0, 0.1) is 26.1 Å². The van der Waals surface area contributed by atoms with Crippen molar-refractivity contribution < 1.29 is 19.4 Å². The first-order chi connectivity index (χ1) is 18.2. The SMILES string of the molecule is CCCCN(CCCC)C[C@@H](C(=O)Nc1ccc([N+](=O)[O-])cc1[N+](=O)[O-])/C(C)=N/NC(=O)c1ccncc1. The average Bonchev–Trinajstić information content (AvgIpc) is 2.91. The molecule has 0 saturated heterocycles. The van der Waals surface area contributed by atoms with Gasteiger partial charge in [-0.15, -0.1) is 0 Å². The van der Waals surface area contributed by atoms with Gasteiger partial charge in [0.05, 0.1) is 21.8 Å². The molecule has 0 saturated carbocycles. The number of rotatable bonds is 15. The highest BCUT2D eigenvalue weighted by atomic mass is 16.6. The molecule has 2 amide bonds. The van der Waals surface area contributed by atoms with Gasteiger partial charge in [0.15, 0.2) is 0 Å². The second-order valence-electron chi connectivity index (χ2n) is 8.70. The number of hydrogen-bond donors (Lipinski definition) is 2. The summed E-state index contributed by atoms with van der Waals surface area (Å²) in [6.45, 7) is 7.49. The molecular weight excluding hydrogens is 494 g/mol. The number of nitro benzene ring substituents is 2. The van der Waals surface area contributed by atoms with E-state index in [1.165, 1.54) is 24.5 Å². The molecule has 2 aromatic rings.